The summed E-state index contributed by atoms with van der Waals surface area (Å²) in [4.78, 5) is 2.96. The van der Waals surface area contributed by atoms with Crippen molar-refractivity contribution in [2.75, 3.05) is 39.1 Å². The predicted molar refractivity (Wildman–Crippen MR) is 90.2 cm³/mol. The molecule has 0 amide bonds. The van der Waals surface area contributed by atoms with Gasteiger partial charge in [0.1, 0.15) is 0 Å². The lowest BCUT2D eigenvalue weighted by Crippen LogP contribution is -2.52. The number of nitrogens with zero attached hydrogens (tertiary/aromatic N) is 1. The highest BCUT2D eigenvalue weighted by molar-refractivity contribution is 7.90. The maximum absolute atomic E-state index is 11.6. The Labute approximate surface area is 138 Å². The Hall–Kier alpha value is -0.950. The molecule has 0 bridgehead atoms. The average molecular weight is 338 g/mol. The Bertz CT molecular complexity index is 622. The normalized spacial score (nSPS) is 22.8. The lowest BCUT2D eigenvalue weighted by molar-refractivity contribution is -0.0308. The van der Waals surface area contributed by atoms with Crippen LogP contribution in [0, 0.1) is 0 Å². The Morgan fingerprint density at radius 3 is 2.48 bits per heavy atom. The highest BCUT2D eigenvalue weighted by Gasteiger charge is 2.38. The first-order valence-electron chi connectivity index (χ1n) is 8.32. The quantitative estimate of drug-likeness (QED) is 0.904. The van der Waals surface area contributed by atoms with Crippen molar-refractivity contribution in [1.82, 2.24) is 10.2 Å². The maximum Gasteiger partial charge on any atom is 0.175 e. The fourth-order valence-corrected chi connectivity index (χ4v) is 4.31. The highest BCUT2D eigenvalue weighted by atomic mass is 32.2. The van der Waals surface area contributed by atoms with Gasteiger partial charge in [0.25, 0.3) is 0 Å². The first kappa shape index (κ1) is 16.9. The van der Waals surface area contributed by atoms with Gasteiger partial charge in [-0.15, -0.1) is 0 Å². The molecule has 5 nitrogen and oxygen atoms in total. The standard InChI is InChI=1S/C17H26N2O3S/c1-23(20,21)16-4-2-15(3-5-16)14-19-11-10-18-9-6-17(19)7-12-22-13-8-17/h2-5,18H,6-14H2,1H3. The largest absolute Gasteiger partial charge is 0.381 e. The van der Waals surface area contributed by atoms with E-state index in [1.54, 1.807) is 12.1 Å². The molecule has 0 aromatic heterocycles. The number of benzene rings is 1. The second-order valence-electron chi connectivity index (χ2n) is 6.67. The summed E-state index contributed by atoms with van der Waals surface area (Å²) < 4.78 is 28.8. The number of sulfone groups is 1. The van der Waals surface area contributed by atoms with Gasteiger partial charge in [-0.1, -0.05) is 12.1 Å². The molecular weight excluding hydrogens is 312 g/mol. The number of rotatable bonds is 3. The smallest absolute Gasteiger partial charge is 0.175 e. The van der Waals surface area contributed by atoms with E-state index < -0.39 is 9.84 Å². The molecule has 6 heteroatoms. The molecule has 23 heavy (non-hydrogen) atoms. The fraction of sp³-hybridized carbons (Fsp3) is 0.647. The summed E-state index contributed by atoms with van der Waals surface area (Å²) in [7, 11) is -3.13. The molecule has 1 aromatic rings. The van der Waals surface area contributed by atoms with Crippen LogP contribution in [0.25, 0.3) is 0 Å². The molecule has 2 fully saturated rings. The Kier molecular flexibility index (Phi) is 5.06. The van der Waals surface area contributed by atoms with Gasteiger partial charge in [-0.05, 0) is 43.5 Å². The van der Waals surface area contributed by atoms with Crippen LogP contribution in [0.1, 0.15) is 24.8 Å². The zero-order chi connectivity index (χ0) is 16.3. The van der Waals surface area contributed by atoms with Gasteiger partial charge in [0.15, 0.2) is 9.84 Å². The van der Waals surface area contributed by atoms with E-state index in [1.165, 1.54) is 11.8 Å². The van der Waals surface area contributed by atoms with Gasteiger partial charge in [0, 0.05) is 44.6 Å². The number of hydrogen-bond acceptors (Lipinski definition) is 5. The molecule has 2 heterocycles. The van der Waals surface area contributed by atoms with E-state index in [0.717, 1.165) is 58.7 Å². The van der Waals surface area contributed by atoms with Crippen LogP contribution in [0.4, 0.5) is 0 Å². The molecule has 1 spiro atoms. The van der Waals surface area contributed by atoms with Crippen molar-refractivity contribution in [3.05, 3.63) is 29.8 Å². The summed E-state index contributed by atoms with van der Waals surface area (Å²) in [5.41, 5.74) is 1.39. The summed E-state index contributed by atoms with van der Waals surface area (Å²) in [6, 6.07) is 7.33. The van der Waals surface area contributed by atoms with Crippen LogP contribution in [-0.2, 0) is 21.1 Å². The minimum Gasteiger partial charge on any atom is -0.381 e. The molecule has 2 saturated heterocycles. The molecule has 0 unspecified atom stereocenters. The monoisotopic (exact) mass is 338 g/mol. The number of ether oxygens (including phenoxy) is 1. The van der Waals surface area contributed by atoms with Crippen molar-refractivity contribution in [1.29, 1.82) is 0 Å². The van der Waals surface area contributed by atoms with Crippen molar-refractivity contribution < 1.29 is 13.2 Å². The molecular formula is C17H26N2O3S. The molecule has 128 valence electrons. The minimum atomic E-state index is -3.13. The van der Waals surface area contributed by atoms with E-state index in [0.29, 0.717) is 4.90 Å². The van der Waals surface area contributed by atoms with Crippen LogP contribution in [0.15, 0.2) is 29.2 Å². The van der Waals surface area contributed by atoms with E-state index in [2.05, 4.69) is 10.2 Å². The van der Waals surface area contributed by atoms with Gasteiger partial charge >= 0.3 is 0 Å². The van der Waals surface area contributed by atoms with Crippen LogP contribution >= 0.6 is 0 Å². The molecule has 0 atom stereocenters. The SMILES string of the molecule is CS(=O)(=O)c1ccc(CN2CCNCCC23CCOCC3)cc1. The van der Waals surface area contributed by atoms with Crippen LogP contribution in [0.2, 0.25) is 0 Å². The molecule has 0 radical (unpaired) electrons. The van der Waals surface area contributed by atoms with E-state index in [4.69, 9.17) is 4.74 Å². The lowest BCUT2D eigenvalue weighted by Gasteiger charge is -2.45. The summed E-state index contributed by atoms with van der Waals surface area (Å²) in [6.07, 6.45) is 4.56. The lowest BCUT2D eigenvalue weighted by atomic mass is 9.84. The zero-order valence-corrected chi connectivity index (χ0v) is 14.6. The molecule has 0 aliphatic carbocycles. The van der Waals surface area contributed by atoms with Crippen LogP contribution in [-0.4, -0.2) is 58.0 Å². The maximum atomic E-state index is 11.6. The van der Waals surface area contributed by atoms with Gasteiger partial charge in [-0.3, -0.25) is 4.90 Å². The van der Waals surface area contributed by atoms with Crippen LogP contribution in [0.3, 0.4) is 0 Å². The van der Waals surface area contributed by atoms with Crippen molar-refractivity contribution in [2.45, 2.75) is 36.2 Å². The molecule has 3 rings (SSSR count). The third-order valence-electron chi connectivity index (χ3n) is 5.14. The Balaban J connectivity index is 1.78. The van der Waals surface area contributed by atoms with Gasteiger partial charge in [-0.2, -0.15) is 0 Å². The van der Waals surface area contributed by atoms with Crippen molar-refractivity contribution in [3.8, 4) is 0 Å². The number of nitrogens with one attached hydrogen (secondary N) is 1. The summed E-state index contributed by atoms with van der Waals surface area (Å²) in [5.74, 6) is 0. The third kappa shape index (κ3) is 3.94. The molecule has 2 aliphatic rings. The van der Waals surface area contributed by atoms with E-state index in [-0.39, 0.29) is 5.54 Å². The summed E-state index contributed by atoms with van der Waals surface area (Å²) in [5, 5.41) is 3.50. The Morgan fingerprint density at radius 2 is 1.83 bits per heavy atom. The second-order valence-corrected chi connectivity index (χ2v) is 8.69. The molecule has 0 saturated carbocycles. The van der Waals surface area contributed by atoms with Gasteiger partial charge in [0.05, 0.1) is 4.90 Å². The first-order valence-corrected chi connectivity index (χ1v) is 10.2. The van der Waals surface area contributed by atoms with Gasteiger partial charge < -0.3 is 10.1 Å². The van der Waals surface area contributed by atoms with Crippen molar-refractivity contribution >= 4 is 9.84 Å². The van der Waals surface area contributed by atoms with Gasteiger partial charge in [0.2, 0.25) is 0 Å². The van der Waals surface area contributed by atoms with Crippen LogP contribution in [0.5, 0.6) is 0 Å². The van der Waals surface area contributed by atoms with Crippen molar-refractivity contribution in [3.63, 3.8) is 0 Å². The highest BCUT2D eigenvalue weighted by Crippen LogP contribution is 2.33. The van der Waals surface area contributed by atoms with E-state index in [1.807, 2.05) is 12.1 Å². The third-order valence-corrected chi connectivity index (χ3v) is 6.27. The van der Waals surface area contributed by atoms with Crippen LogP contribution < -0.4 is 5.32 Å². The fourth-order valence-electron chi connectivity index (χ4n) is 3.68. The Morgan fingerprint density at radius 1 is 1.13 bits per heavy atom. The molecule has 1 N–H and O–H groups in total. The molecule has 2 aliphatic heterocycles. The second kappa shape index (κ2) is 6.89. The summed E-state index contributed by atoms with van der Waals surface area (Å²) >= 11 is 0. The van der Waals surface area contributed by atoms with Crippen molar-refractivity contribution in [2.24, 2.45) is 0 Å². The summed E-state index contributed by atoms with van der Waals surface area (Å²) in [6.45, 7) is 5.63. The topological polar surface area (TPSA) is 58.6 Å². The van der Waals surface area contributed by atoms with E-state index in [9.17, 15) is 8.42 Å². The molecule has 1 aromatic carbocycles. The predicted octanol–water partition coefficient (Wildman–Crippen LogP) is 1.43. The average Bonchev–Trinajstić information content (AvgIpc) is 2.71. The zero-order valence-electron chi connectivity index (χ0n) is 13.8. The number of hydrogen-bond donors (Lipinski definition) is 1. The van der Waals surface area contributed by atoms with E-state index >= 15 is 0 Å². The first-order chi connectivity index (χ1) is 11.0. The van der Waals surface area contributed by atoms with Gasteiger partial charge in [-0.25, -0.2) is 8.42 Å². The minimum absolute atomic E-state index is 0.219.